The van der Waals surface area contributed by atoms with E-state index in [0.717, 1.165) is 25.3 Å². The first-order chi connectivity index (χ1) is 9.94. The molecule has 2 N–H and O–H groups in total. The number of carbonyl (C=O) groups excluding carboxylic acids is 1. The van der Waals surface area contributed by atoms with Crippen LogP contribution in [0.1, 0.15) is 16.2 Å². The van der Waals surface area contributed by atoms with Crippen molar-refractivity contribution >= 4 is 16.0 Å². The molecule has 112 valence electrons. The highest BCUT2D eigenvalue weighted by atomic mass is 32.2. The normalized spacial score (nSPS) is 11.3. The molecule has 1 aromatic carbocycles. The Hall–Kier alpha value is -2.26. The van der Waals surface area contributed by atoms with Crippen molar-refractivity contribution in [1.29, 1.82) is 0 Å². The van der Waals surface area contributed by atoms with E-state index >= 15 is 0 Å². The van der Waals surface area contributed by atoms with Crippen LogP contribution < -0.4 is 4.72 Å². The standard InChI is InChI=1S/C12H12FN3O4S/c1-20-12(17)9-3-2-8(13)6-10(9)21(18,19)16-7-11-14-4-5-15-11/h2-6,16H,7H2,1H3,(H,14,15). The van der Waals surface area contributed by atoms with E-state index in [1.165, 1.54) is 12.4 Å². The van der Waals surface area contributed by atoms with Gasteiger partial charge in [-0.05, 0) is 18.2 Å². The lowest BCUT2D eigenvalue weighted by Gasteiger charge is -2.09. The van der Waals surface area contributed by atoms with E-state index in [1.807, 2.05) is 0 Å². The lowest BCUT2D eigenvalue weighted by atomic mass is 10.2. The highest BCUT2D eigenvalue weighted by Crippen LogP contribution is 2.18. The fraction of sp³-hybridized carbons (Fsp3) is 0.167. The number of halogens is 1. The number of methoxy groups -OCH3 is 1. The van der Waals surface area contributed by atoms with Gasteiger partial charge in [0.2, 0.25) is 10.0 Å². The van der Waals surface area contributed by atoms with Gasteiger partial charge in [-0.15, -0.1) is 0 Å². The zero-order valence-electron chi connectivity index (χ0n) is 11.0. The number of esters is 1. The number of H-pyrrole nitrogens is 1. The molecule has 0 aliphatic rings. The number of aromatic nitrogens is 2. The number of imidazole rings is 1. The van der Waals surface area contributed by atoms with E-state index < -0.39 is 26.7 Å². The number of benzene rings is 1. The zero-order valence-corrected chi connectivity index (χ0v) is 11.8. The number of rotatable bonds is 5. The summed E-state index contributed by atoms with van der Waals surface area (Å²) in [6.07, 6.45) is 3.00. The van der Waals surface area contributed by atoms with Crippen molar-refractivity contribution < 1.29 is 22.3 Å². The maximum atomic E-state index is 13.3. The van der Waals surface area contributed by atoms with Crippen molar-refractivity contribution in [2.24, 2.45) is 0 Å². The fourth-order valence-electron chi connectivity index (χ4n) is 1.63. The van der Waals surface area contributed by atoms with Gasteiger partial charge < -0.3 is 9.72 Å². The summed E-state index contributed by atoms with van der Waals surface area (Å²) >= 11 is 0. The Balaban J connectivity index is 2.34. The minimum absolute atomic E-state index is 0.119. The zero-order chi connectivity index (χ0) is 15.5. The summed E-state index contributed by atoms with van der Waals surface area (Å²) in [5.74, 6) is -1.26. The average Bonchev–Trinajstić information content (AvgIpc) is 2.98. The lowest BCUT2D eigenvalue weighted by molar-refractivity contribution is 0.0596. The van der Waals surface area contributed by atoms with E-state index in [2.05, 4.69) is 19.4 Å². The quantitative estimate of drug-likeness (QED) is 0.796. The Morgan fingerprint density at radius 1 is 1.48 bits per heavy atom. The maximum Gasteiger partial charge on any atom is 0.339 e. The molecular formula is C12H12FN3O4S. The first kappa shape index (κ1) is 15.1. The number of carbonyl (C=O) groups is 1. The molecule has 2 aromatic rings. The van der Waals surface area contributed by atoms with Crippen molar-refractivity contribution in [1.82, 2.24) is 14.7 Å². The molecule has 0 spiro atoms. The monoisotopic (exact) mass is 313 g/mol. The molecule has 0 unspecified atom stereocenters. The number of hydrogen-bond acceptors (Lipinski definition) is 5. The number of nitrogens with one attached hydrogen (secondary N) is 2. The third-order valence-electron chi connectivity index (χ3n) is 2.62. The first-order valence-corrected chi connectivity index (χ1v) is 7.28. The van der Waals surface area contributed by atoms with Gasteiger partial charge in [-0.2, -0.15) is 0 Å². The molecule has 0 amide bonds. The summed E-state index contributed by atoms with van der Waals surface area (Å²) in [6.45, 7) is -0.119. The minimum atomic E-state index is -4.10. The smallest absolute Gasteiger partial charge is 0.339 e. The molecule has 0 fully saturated rings. The van der Waals surface area contributed by atoms with Crippen LogP contribution in [0.2, 0.25) is 0 Å². The van der Waals surface area contributed by atoms with Gasteiger partial charge in [0.25, 0.3) is 0 Å². The topological polar surface area (TPSA) is 101 Å². The highest BCUT2D eigenvalue weighted by Gasteiger charge is 2.23. The van der Waals surface area contributed by atoms with Gasteiger partial charge in [-0.1, -0.05) is 0 Å². The molecule has 2 rings (SSSR count). The Morgan fingerprint density at radius 3 is 2.86 bits per heavy atom. The molecule has 21 heavy (non-hydrogen) atoms. The highest BCUT2D eigenvalue weighted by molar-refractivity contribution is 7.89. The van der Waals surface area contributed by atoms with E-state index in [4.69, 9.17) is 0 Å². The molecule has 0 radical (unpaired) electrons. The van der Waals surface area contributed by atoms with Crippen LogP contribution in [0.25, 0.3) is 0 Å². The summed E-state index contributed by atoms with van der Waals surface area (Å²) in [5, 5.41) is 0. The third kappa shape index (κ3) is 3.44. The van der Waals surface area contributed by atoms with Crippen LogP contribution in [-0.2, 0) is 21.3 Å². The van der Waals surface area contributed by atoms with Gasteiger partial charge in [0.15, 0.2) is 0 Å². The molecule has 7 nitrogen and oxygen atoms in total. The molecule has 0 aliphatic heterocycles. The largest absolute Gasteiger partial charge is 0.465 e. The molecular weight excluding hydrogens is 301 g/mol. The maximum absolute atomic E-state index is 13.3. The molecule has 0 atom stereocenters. The van der Waals surface area contributed by atoms with Crippen molar-refractivity contribution in [3.63, 3.8) is 0 Å². The van der Waals surface area contributed by atoms with Gasteiger partial charge in [-0.25, -0.2) is 27.3 Å². The number of sulfonamides is 1. The van der Waals surface area contributed by atoms with Crippen molar-refractivity contribution in [2.45, 2.75) is 11.4 Å². The Bertz CT molecular complexity index is 744. The summed E-state index contributed by atoms with van der Waals surface area (Å²) in [5.41, 5.74) is -0.245. The summed E-state index contributed by atoms with van der Waals surface area (Å²) in [6, 6.07) is 2.80. The SMILES string of the molecule is COC(=O)c1ccc(F)cc1S(=O)(=O)NCc1ncc[nH]1. The fourth-order valence-corrected chi connectivity index (χ4v) is 2.82. The Kier molecular flexibility index (Phi) is 4.34. The number of hydrogen-bond donors (Lipinski definition) is 2. The number of ether oxygens (including phenoxy) is 1. The second-order valence-corrected chi connectivity index (χ2v) is 5.73. The second-order valence-electron chi connectivity index (χ2n) is 3.99. The van der Waals surface area contributed by atoms with Crippen LogP contribution in [0.4, 0.5) is 4.39 Å². The predicted octanol–water partition coefficient (Wildman–Crippen LogP) is 0.814. The summed E-state index contributed by atoms with van der Waals surface area (Å²) < 4.78 is 44.4. The Morgan fingerprint density at radius 2 is 2.24 bits per heavy atom. The molecule has 1 heterocycles. The van der Waals surface area contributed by atoms with Crippen molar-refractivity contribution in [2.75, 3.05) is 7.11 Å². The molecule has 1 aromatic heterocycles. The molecule has 0 bridgehead atoms. The molecule has 9 heteroatoms. The Labute approximate surface area is 120 Å². The molecule has 0 saturated carbocycles. The lowest BCUT2D eigenvalue weighted by Crippen LogP contribution is -2.26. The molecule has 0 aliphatic carbocycles. The van der Waals surface area contributed by atoms with Crippen molar-refractivity contribution in [3.8, 4) is 0 Å². The molecule has 0 saturated heterocycles. The van der Waals surface area contributed by atoms with Gasteiger partial charge in [0.05, 0.1) is 24.1 Å². The van der Waals surface area contributed by atoms with E-state index in [0.29, 0.717) is 5.82 Å². The minimum Gasteiger partial charge on any atom is -0.465 e. The van der Waals surface area contributed by atoms with Gasteiger partial charge in [-0.3, -0.25) is 0 Å². The van der Waals surface area contributed by atoms with Crippen LogP contribution in [0.5, 0.6) is 0 Å². The predicted molar refractivity (Wildman–Crippen MR) is 70.4 cm³/mol. The van der Waals surface area contributed by atoms with E-state index in [-0.39, 0.29) is 12.1 Å². The average molecular weight is 313 g/mol. The van der Waals surface area contributed by atoms with Crippen LogP contribution in [0.15, 0.2) is 35.5 Å². The van der Waals surface area contributed by atoms with Crippen molar-refractivity contribution in [3.05, 3.63) is 47.8 Å². The number of aromatic amines is 1. The van der Waals surface area contributed by atoms with Crippen LogP contribution in [0.3, 0.4) is 0 Å². The van der Waals surface area contributed by atoms with E-state index in [9.17, 15) is 17.6 Å². The summed E-state index contributed by atoms with van der Waals surface area (Å²) in [4.78, 5) is 17.7. The van der Waals surface area contributed by atoms with Crippen LogP contribution in [-0.4, -0.2) is 31.5 Å². The first-order valence-electron chi connectivity index (χ1n) is 5.80. The summed E-state index contributed by atoms with van der Waals surface area (Å²) in [7, 11) is -2.99. The van der Waals surface area contributed by atoms with Gasteiger partial charge >= 0.3 is 5.97 Å². The van der Waals surface area contributed by atoms with E-state index in [1.54, 1.807) is 0 Å². The second kappa shape index (κ2) is 6.02. The van der Waals surface area contributed by atoms with Gasteiger partial charge in [0, 0.05) is 12.4 Å². The third-order valence-corrected chi connectivity index (χ3v) is 4.06. The van der Waals surface area contributed by atoms with Gasteiger partial charge in [0.1, 0.15) is 11.6 Å². The van der Waals surface area contributed by atoms with Crippen LogP contribution in [0, 0.1) is 5.82 Å². The van der Waals surface area contributed by atoms with Crippen LogP contribution >= 0.6 is 0 Å². The number of nitrogens with zero attached hydrogens (tertiary/aromatic N) is 1.